The Labute approximate surface area is 77.4 Å². The van der Waals surface area contributed by atoms with Crippen molar-refractivity contribution in [1.29, 1.82) is 5.26 Å². The second kappa shape index (κ2) is 3.37. The average molecular weight is 226 g/mol. The lowest BCUT2D eigenvalue weighted by Gasteiger charge is -1.99. The molecule has 0 heterocycles. The molecule has 3 nitrogen and oxygen atoms in total. The monoisotopic (exact) mass is 225 g/mol. The Hall–Kier alpha value is -1.34. The van der Waals surface area contributed by atoms with Crippen LogP contribution in [-0.2, 0) is 0 Å². The molecule has 0 aliphatic heterocycles. The second-order valence-electron chi connectivity index (χ2n) is 2.12. The first-order valence-electron chi connectivity index (χ1n) is 3.07. The van der Waals surface area contributed by atoms with Crippen LogP contribution in [0.2, 0.25) is 0 Å². The summed E-state index contributed by atoms with van der Waals surface area (Å²) in [7, 11) is 0. The third-order valence-corrected chi connectivity index (χ3v) is 1.82. The van der Waals surface area contributed by atoms with Gasteiger partial charge in [0.15, 0.2) is 6.29 Å². The molecule has 0 aromatic heterocycles. The number of hydrogen-bond donors (Lipinski definition) is 1. The van der Waals surface area contributed by atoms with Crippen LogP contribution in [0.4, 0.5) is 0 Å². The summed E-state index contributed by atoms with van der Waals surface area (Å²) < 4.78 is 0.571. The molecule has 0 amide bonds. The molecule has 1 N–H and O–H groups in total. The standard InChI is InChI=1S/C8H4BrNO2/c9-6-1-5(3-10)7(4-11)8(12)2-6/h1-2,4,12H. The Morgan fingerprint density at radius 2 is 2.25 bits per heavy atom. The summed E-state index contributed by atoms with van der Waals surface area (Å²) >= 11 is 3.09. The SMILES string of the molecule is N#Cc1cc(Br)cc(O)c1C=O. The number of rotatable bonds is 1. The Morgan fingerprint density at radius 1 is 1.58 bits per heavy atom. The van der Waals surface area contributed by atoms with Crippen molar-refractivity contribution in [2.24, 2.45) is 0 Å². The quantitative estimate of drug-likeness (QED) is 0.743. The topological polar surface area (TPSA) is 61.1 Å². The Bertz CT molecular complexity index is 368. The minimum Gasteiger partial charge on any atom is -0.507 e. The number of nitrogens with zero attached hydrogens (tertiary/aromatic N) is 1. The highest BCUT2D eigenvalue weighted by Crippen LogP contribution is 2.24. The van der Waals surface area contributed by atoms with Crippen molar-refractivity contribution in [2.45, 2.75) is 0 Å². The van der Waals surface area contributed by atoms with Gasteiger partial charge in [-0.1, -0.05) is 15.9 Å². The first-order valence-corrected chi connectivity index (χ1v) is 3.86. The van der Waals surface area contributed by atoms with E-state index in [0.717, 1.165) is 0 Å². The van der Waals surface area contributed by atoms with E-state index < -0.39 is 0 Å². The van der Waals surface area contributed by atoms with Gasteiger partial charge in [0.1, 0.15) is 11.8 Å². The molecule has 60 valence electrons. The Kier molecular flexibility index (Phi) is 2.46. The van der Waals surface area contributed by atoms with E-state index >= 15 is 0 Å². The van der Waals surface area contributed by atoms with E-state index in [9.17, 15) is 9.90 Å². The van der Waals surface area contributed by atoms with Crippen molar-refractivity contribution in [1.82, 2.24) is 0 Å². The third kappa shape index (κ3) is 1.46. The van der Waals surface area contributed by atoms with E-state index in [1.807, 2.05) is 0 Å². The van der Waals surface area contributed by atoms with Gasteiger partial charge < -0.3 is 5.11 Å². The van der Waals surface area contributed by atoms with E-state index in [1.165, 1.54) is 12.1 Å². The van der Waals surface area contributed by atoms with Crippen LogP contribution in [0, 0.1) is 11.3 Å². The molecule has 0 aliphatic carbocycles. The number of hydrogen-bond acceptors (Lipinski definition) is 3. The zero-order valence-corrected chi connectivity index (χ0v) is 7.50. The van der Waals surface area contributed by atoms with Gasteiger partial charge in [0.05, 0.1) is 11.1 Å². The van der Waals surface area contributed by atoms with E-state index in [-0.39, 0.29) is 16.9 Å². The smallest absolute Gasteiger partial charge is 0.155 e. The number of halogens is 1. The van der Waals surface area contributed by atoms with Crippen molar-refractivity contribution >= 4 is 22.2 Å². The third-order valence-electron chi connectivity index (χ3n) is 1.36. The molecule has 0 saturated carbocycles. The van der Waals surface area contributed by atoms with Gasteiger partial charge in [-0.3, -0.25) is 4.79 Å². The first kappa shape index (κ1) is 8.75. The van der Waals surface area contributed by atoms with Crippen molar-refractivity contribution in [2.75, 3.05) is 0 Å². The van der Waals surface area contributed by atoms with Gasteiger partial charge >= 0.3 is 0 Å². The number of phenolic OH excluding ortho intramolecular Hbond substituents is 1. The zero-order chi connectivity index (χ0) is 9.14. The lowest BCUT2D eigenvalue weighted by Crippen LogP contribution is -1.88. The van der Waals surface area contributed by atoms with Crippen molar-refractivity contribution < 1.29 is 9.90 Å². The van der Waals surface area contributed by atoms with E-state index in [1.54, 1.807) is 6.07 Å². The number of aldehydes is 1. The van der Waals surface area contributed by atoms with Gasteiger partial charge in [0.25, 0.3) is 0 Å². The summed E-state index contributed by atoms with van der Waals surface area (Å²) in [6, 6.07) is 4.65. The number of nitriles is 1. The summed E-state index contributed by atoms with van der Waals surface area (Å²) in [4.78, 5) is 10.4. The minimum absolute atomic E-state index is 0.0284. The maximum atomic E-state index is 10.4. The van der Waals surface area contributed by atoms with Gasteiger partial charge in [-0.25, -0.2) is 0 Å². The van der Waals surface area contributed by atoms with Crippen molar-refractivity contribution in [3.8, 4) is 11.8 Å². The van der Waals surface area contributed by atoms with Crippen LogP contribution in [0.1, 0.15) is 15.9 Å². The number of aromatic hydroxyl groups is 1. The van der Waals surface area contributed by atoms with Crippen LogP contribution in [0.25, 0.3) is 0 Å². The molecule has 12 heavy (non-hydrogen) atoms. The van der Waals surface area contributed by atoms with Crippen LogP contribution < -0.4 is 0 Å². The molecule has 0 bridgehead atoms. The Balaban J connectivity index is 3.46. The first-order chi connectivity index (χ1) is 5.69. The molecule has 0 unspecified atom stereocenters. The molecule has 0 saturated heterocycles. The molecular weight excluding hydrogens is 222 g/mol. The summed E-state index contributed by atoms with van der Waals surface area (Å²) in [5.41, 5.74) is 0.192. The zero-order valence-electron chi connectivity index (χ0n) is 5.91. The highest BCUT2D eigenvalue weighted by Gasteiger charge is 2.07. The predicted molar refractivity (Wildman–Crippen MR) is 45.9 cm³/mol. The summed E-state index contributed by atoms with van der Waals surface area (Å²) in [6.45, 7) is 0. The van der Waals surface area contributed by atoms with Crippen LogP contribution in [0.5, 0.6) is 5.75 Å². The normalized spacial score (nSPS) is 9.00. The van der Waals surface area contributed by atoms with Gasteiger partial charge in [0, 0.05) is 4.47 Å². The number of benzene rings is 1. The van der Waals surface area contributed by atoms with E-state index in [4.69, 9.17) is 5.26 Å². The molecule has 0 fully saturated rings. The van der Waals surface area contributed by atoms with Gasteiger partial charge in [0.2, 0.25) is 0 Å². The van der Waals surface area contributed by atoms with Crippen LogP contribution in [-0.4, -0.2) is 11.4 Å². The van der Waals surface area contributed by atoms with Crippen molar-refractivity contribution in [3.05, 3.63) is 27.7 Å². The van der Waals surface area contributed by atoms with Crippen LogP contribution >= 0.6 is 15.9 Å². The number of carbonyl (C=O) groups is 1. The Morgan fingerprint density at radius 3 is 2.75 bits per heavy atom. The fraction of sp³-hybridized carbons (Fsp3) is 0. The highest BCUT2D eigenvalue weighted by molar-refractivity contribution is 9.10. The second-order valence-corrected chi connectivity index (χ2v) is 3.03. The minimum atomic E-state index is -0.184. The fourth-order valence-electron chi connectivity index (χ4n) is 0.820. The van der Waals surface area contributed by atoms with Crippen LogP contribution in [0.3, 0.4) is 0 Å². The van der Waals surface area contributed by atoms with Crippen LogP contribution in [0.15, 0.2) is 16.6 Å². The molecule has 0 spiro atoms. The number of carbonyl (C=O) groups excluding carboxylic acids is 1. The van der Waals surface area contributed by atoms with Gasteiger partial charge in [-0.05, 0) is 12.1 Å². The largest absolute Gasteiger partial charge is 0.507 e. The molecule has 0 aliphatic rings. The maximum absolute atomic E-state index is 10.4. The van der Waals surface area contributed by atoms with Gasteiger partial charge in [-0.15, -0.1) is 0 Å². The highest BCUT2D eigenvalue weighted by atomic mass is 79.9. The maximum Gasteiger partial charge on any atom is 0.155 e. The lowest BCUT2D eigenvalue weighted by molar-refractivity contribution is 0.112. The predicted octanol–water partition coefficient (Wildman–Crippen LogP) is 1.84. The molecule has 1 aromatic rings. The lowest BCUT2D eigenvalue weighted by atomic mass is 10.1. The molecule has 4 heteroatoms. The van der Waals surface area contributed by atoms with E-state index in [0.29, 0.717) is 10.8 Å². The van der Waals surface area contributed by atoms with Gasteiger partial charge in [-0.2, -0.15) is 5.26 Å². The summed E-state index contributed by atoms with van der Waals surface area (Å²) in [6.07, 6.45) is 0.459. The average Bonchev–Trinajstić information content (AvgIpc) is 2.03. The molecule has 0 atom stereocenters. The molecule has 0 radical (unpaired) electrons. The summed E-state index contributed by atoms with van der Waals surface area (Å²) in [5.74, 6) is -0.184. The molecule has 1 aromatic carbocycles. The molecule has 1 rings (SSSR count). The van der Waals surface area contributed by atoms with E-state index in [2.05, 4.69) is 15.9 Å². The molecular formula is C8H4BrNO2. The number of phenols is 1. The fourth-order valence-corrected chi connectivity index (χ4v) is 1.27. The summed E-state index contributed by atoms with van der Waals surface area (Å²) in [5, 5.41) is 17.7. The van der Waals surface area contributed by atoms with Crippen molar-refractivity contribution in [3.63, 3.8) is 0 Å².